The van der Waals surface area contributed by atoms with Gasteiger partial charge < -0.3 is 19.8 Å². The SMILES string of the molecule is COc1cc(N)c(-n2cccc2C#N)cc1OC. The molecule has 0 aliphatic carbocycles. The van der Waals surface area contributed by atoms with E-state index in [4.69, 9.17) is 20.5 Å². The molecule has 0 radical (unpaired) electrons. The van der Waals surface area contributed by atoms with E-state index in [2.05, 4.69) is 6.07 Å². The second-order valence-corrected chi connectivity index (χ2v) is 3.64. The third-order valence-corrected chi connectivity index (χ3v) is 2.66. The third-order valence-electron chi connectivity index (χ3n) is 2.66. The minimum absolute atomic E-state index is 0.508. The topological polar surface area (TPSA) is 73.2 Å². The maximum atomic E-state index is 9.02. The van der Waals surface area contributed by atoms with Crippen LogP contribution in [-0.2, 0) is 0 Å². The van der Waals surface area contributed by atoms with E-state index in [1.807, 2.05) is 0 Å². The minimum atomic E-state index is 0.508. The molecule has 0 fully saturated rings. The second kappa shape index (κ2) is 4.72. The van der Waals surface area contributed by atoms with Gasteiger partial charge >= 0.3 is 0 Å². The van der Waals surface area contributed by atoms with Crippen LogP contribution in [0.1, 0.15) is 5.69 Å². The predicted octanol–water partition coefficient (Wildman–Crippen LogP) is 1.95. The lowest BCUT2D eigenvalue weighted by Gasteiger charge is -2.13. The van der Waals surface area contributed by atoms with Gasteiger partial charge in [-0.1, -0.05) is 0 Å². The molecule has 0 spiro atoms. The number of nitrogens with zero attached hydrogens (tertiary/aromatic N) is 2. The molecule has 0 saturated carbocycles. The first-order valence-electron chi connectivity index (χ1n) is 5.30. The van der Waals surface area contributed by atoms with Gasteiger partial charge in [0.2, 0.25) is 0 Å². The van der Waals surface area contributed by atoms with Crippen LogP contribution in [-0.4, -0.2) is 18.8 Å². The zero-order valence-corrected chi connectivity index (χ0v) is 10.2. The van der Waals surface area contributed by atoms with Gasteiger partial charge in [-0.05, 0) is 12.1 Å². The number of rotatable bonds is 3. The highest BCUT2D eigenvalue weighted by Crippen LogP contribution is 2.34. The van der Waals surface area contributed by atoms with Crippen LogP contribution in [0.5, 0.6) is 11.5 Å². The summed E-state index contributed by atoms with van der Waals surface area (Å²) in [5.74, 6) is 1.13. The highest BCUT2D eigenvalue weighted by Gasteiger charge is 2.12. The standard InChI is InChI=1S/C13H13N3O2/c1-17-12-6-10(15)11(7-13(12)18-2)16-5-3-4-9(16)8-14/h3-7H,15H2,1-2H3. The Bertz CT molecular complexity index is 611. The molecule has 0 saturated heterocycles. The number of nitrogens with two attached hydrogens (primary N) is 1. The van der Waals surface area contributed by atoms with Crippen molar-refractivity contribution in [3.05, 3.63) is 36.2 Å². The summed E-state index contributed by atoms with van der Waals surface area (Å²) in [7, 11) is 3.10. The van der Waals surface area contributed by atoms with E-state index < -0.39 is 0 Å². The molecule has 0 amide bonds. The van der Waals surface area contributed by atoms with Gasteiger partial charge in [0.25, 0.3) is 0 Å². The number of anilines is 1. The summed E-state index contributed by atoms with van der Waals surface area (Å²) in [6.07, 6.45) is 1.77. The van der Waals surface area contributed by atoms with E-state index in [0.29, 0.717) is 28.6 Å². The Labute approximate surface area is 105 Å². The van der Waals surface area contributed by atoms with Crippen molar-refractivity contribution in [3.8, 4) is 23.3 Å². The van der Waals surface area contributed by atoms with Gasteiger partial charge in [0.05, 0.1) is 25.6 Å². The molecule has 0 unspecified atom stereocenters. The molecule has 5 nitrogen and oxygen atoms in total. The molecule has 2 aromatic rings. The van der Waals surface area contributed by atoms with Gasteiger partial charge in [0.1, 0.15) is 11.8 Å². The van der Waals surface area contributed by atoms with Crippen molar-refractivity contribution in [1.82, 2.24) is 4.57 Å². The summed E-state index contributed by atoms with van der Waals surface area (Å²) < 4.78 is 12.1. The molecule has 92 valence electrons. The van der Waals surface area contributed by atoms with Gasteiger partial charge in [-0.3, -0.25) is 0 Å². The highest BCUT2D eigenvalue weighted by atomic mass is 16.5. The molecule has 1 aromatic carbocycles. The van der Waals surface area contributed by atoms with E-state index in [0.717, 1.165) is 0 Å². The number of nitriles is 1. The minimum Gasteiger partial charge on any atom is -0.493 e. The van der Waals surface area contributed by atoms with Gasteiger partial charge in [-0.2, -0.15) is 5.26 Å². The second-order valence-electron chi connectivity index (χ2n) is 3.64. The number of hydrogen-bond acceptors (Lipinski definition) is 4. The monoisotopic (exact) mass is 243 g/mol. The van der Waals surface area contributed by atoms with Crippen molar-refractivity contribution < 1.29 is 9.47 Å². The first-order valence-corrected chi connectivity index (χ1v) is 5.30. The first kappa shape index (κ1) is 11.9. The summed E-state index contributed by atoms with van der Waals surface area (Å²) in [4.78, 5) is 0. The van der Waals surface area contributed by atoms with Crippen LogP contribution in [0.3, 0.4) is 0 Å². The summed E-state index contributed by atoms with van der Waals surface area (Å²) in [6.45, 7) is 0. The maximum Gasteiger partial charge on any atom is 0.162 e. The molecule has 2 N–H and O–H groups in total. The smallest absolute Gasteiger partial charge is 0.162 e. The third kappa shape index (κ3) is 1.84. The van der Waals surface area contributed by atoms with Crippen LogP contribution in [0.15, 0.2) is 30.5 Å². The van der Waals surface area contributed by atoms with Crippen molar-refractivity contribution in [2.24, 2.45) is 0 Å². The van der Waals surface area contributed by atoms with Gasteiger partial charge in [0, 0.05) is 18.3 Å². The van der Waals surface area contributed by atoms with Gasteiger partial charge in [-0.25, -0.2) is 0 Å². The van der Waals surface area contributed by atoms with Gasteiger partial charge in [-0.15, -0.1) is 0 Å². The highest BCUT2D eigenvalue weighted by molar-refractivity contribution is 5.66. The lowest BCUT2D eigenvalue weighted by atomic mass is 10.2. The van der Waals surface area contributed by atoms with Crippen LogP contribution < -0.4 is 15.2 Å². The normalized spacial score (nSPS) is 9.83. The Morgan fingerprint density at radius 1 is 1.22 bits per heavy atom. The first-order chi connectivity index (χ1) is 8.71. The predicted molar refractivity (Wildman–Crippen MR) is 68.0 cm³/mol. The van der Waals surface area contributed by atoms with Crippen LogP contribution in [0.2, 0.25) is 0 Å². The van der Waals surface area contributed by atoms with E-state index in [1.54, 1.807) is 49.2 Å². The van der Waals surface area contributed by atoms with Crippen molar-refractivity contribution in [1.29, 1.82) is 5.26 Å². The Morgan fingerprint density at radius 3 is 2.50 bits per heavy atom. The summed E-state index contributed by atoms with van der Waals surface area (Å²) in [5, 5.41) is 9.02. The van der Waals surface area contributed by atoms with Crippen LogP contribution in [0, 0.1) is 11.3 Å². The number of methoxy groups -OCH3 is 2. The number of nitrogen functional groups attached to an aromatic ring is 1. The summed E-state index contributed by atoms with van der Waals surface area (Å²) in [6, 6.07) is 9.03. The fourth-order valence-electron chi connectivity index (χ4n) is 1.77. The summed E-state index contributed by atoms with van der Waals surface area (Å²) >= 11 is 0. The van der Waals surface area contributed by atoms with Crippen molar-refractivity contribution in [2.45, 2.75) is 0 Å². The van der Waals surface area contributed by atoms with E-state index in [-0.39, 0.29) is 0 Å². The average Bonchev–Trinajstić information content (AvgIpc) is 2.86. The fraction of sp³-hybridized carbons (Fsp3) is 0.154. The van der Waals surface area contributed by atoms with Crippen LogP contribution in [0.4, 0.5) is 5.69 Å². The molecule has 0 aliphatic heterocycles. The number of aromatic nitrogens is 1. The van der Waals surface area contributed by atoms with E-state index in [1.165, 1.54) is 0 Å². The molecular formula is C13H13N3O2. The molecule has 2 rings (SSSR count). The van der Waals surface area contributed by atoms with E-state index >= 15 is 0 Å². The lowest BCUT2D eigenvalue weighted by molar-refractivity contribution is 0.355. The fourth-order valence-corrected chi connectivity index (χ4v) is 1.77. The van der Waals surface area contributed by atoms with Crippen LogP contribution >= 0.6 is 0 Å². The molecule has 0 aliphatic rings. The molecule has 5 heteroatoms. The lowest BCUT2D eigenvalue weighted by Crippen LogP contribution is -2.02. The molecule has 1 heterocycles. The average molecular weight is 243 g/mol. The van der Waals surface area contributed by atoms with Crippen molar-refractivity contribution in [2.75, 3.05) is 20.0 Å². The molecular weight excluding hydrogens is 230 g/mol. The van der Waals surface area contributed by atoms with Crippen molar-refractivity contribution in [3.63, 3.8) is 0 Å². The molecule has 1 aromatic heterocycles. The molecule has 18 heavy (non-hydrogen) atoms. The van der Waals surface area contributed by atoms with Crippen LogP contribution in [0.25, 0.3) is 5.69 Å². The van der Waals surface area contributed by atoms with Crippen molar-refractivity contribution >= 4 is 5.69 Å². The van der Waals surface area contributed by atoms with E-state index in [9.17, 15) is 0 Å². The maximum absolute atomic E-state index is 9.02. The summed E-state index contributed by atoms with van der Waals surface area (Å²) in [5.41, 5.74) is 7.68. The zero-order chi connectivity index (χ0) is 13.1. The Morgan fingerprint density at radius 2 is 1.89 bits per heavy atom. The molecule has 0 atom stereocenters. The number of benzene rings is 1. The quantitative estimate of drug-likeness (QED) is 0.836. The number of hydrogen-bond donors (Lipinski definition) is 1. The largest absolute Gasteiger partial charge is 0.493 e. The molecule has 0 bridgehead atoms. The Kier molecular flexibility index (Phi) is 3.11. The van der Waals surface area contributed by atoms with Gasteiger partial charge in [0.15, 0.2) is 11.5 Å². The number of ether oxygens (including phenoxy) is 2. The zero-order valence-electron chi connectivity index (χ0n) is 10.2. The Hall–Kier alpha value is -2.61. The Balaban J connectivity index is 2.62.